The highest BCUT2D eigenvalue weighted by atomic mass is 32.2. The summed E-state index contributed by atoms with van der Waals surface area (Å²) in [6.07, 6.45) is -0.0225. The third-order valence-corrected chi connectivity index (χ3v) is 4.53. The van der Waals surface area contributed by atoms with Crippen LogP contribution in [0.15, 0.2) is 17.0 Å². The number of rotatable bonds is 5. The molecule has 0 aliphatic carbocycles. The molecule has 8 heteroatoms. The van der Waals surface area contributed by atoms with Crippen molar-refractivity contribution in [3.05, 3.63) is 23.8 Å². The number of halogens is 2. The van der Waals surface area contributed by atoms with E-state index in [-0.39, 0.29) is 19.5 Å². The molecule has 0 heterocycles. The number of anilines is 1. The van der Waals surface area contributed by atoms with Crippen molar-refractivity contribution in [3.8, 4) is 6.07 Å². The largest absolute Gasteiger partial charge is 0.394 e. The first-order valence-corrected chi connectivity index (χ1v) is 6.90. The molecule has 0 saturated heterocycles. The van der Waals surface area contributed by atoms with Crippen LogP contribution in [0.1, 0.15) is 13.3 Å². The SMILES string of the molecule is CCN(CCC#N)S(=O)(=O)c1ccc(F)c(N)c1F. The standard InChI is InChI=1S/C11H13F2N3O2S/c1-2-16(7-3-6-14)19(17,18)9-5-4-8(12)11(15)10(9)13/h4-5H,2-3,7,15H2,1H3. The van der Waals surface area contributed by atoms with E-state index in [0.717, 1.165) is 16.4 Å². The zero-order chi connectivity index (χ0) is 14.6. The Morgan fingerprint density at radius 3 is 2.58 bits per heavy atom. The number of hydrogen-bond donors (Lipinski definition) is 1. The summed E-state index contributed by atoms with van der Waals surface area (Å²) in [5, 5.41) is 8.47. The van der Waals surface area contributed by atoms with Crippen LogP contribution in [0.2, 0.25) is 0 Å². The van der Waals surface area contributed by atoms with E-state index in [1.54, 1.807) is 13.0 Å². The summed E-state index contributed by atoms with van der Waals surface area (Å²) in [4.78, 5) is -0.689. The van der Waals surface area contributed by atoms with Gasteiger partial charge in [-0.25, -0.2) is 17.2 Å². The minimum Gasteiger partial charge on any atom is -0.394 e. The Labute approximate surface area is 110 Å². The molecular formula is C11H13F2N3O2S. The molecule has 0 radical (unpaired) electrons. The molecule has 2 N–H and O–H groups in total. The molecule has 0 amide bonds. The quantitative estimate of drug-likeness (QED) is 0.831. The van der Waals surface area contributed by atoms with E-state index in [9.17, 15) is 17.2 Å². The monoisotopic (exact) mass is 289 g/mol. The number of nitrogens with zero attached hydrogens (tertiary/aromatic N) is 2. The summed E-state index contributed by atoms with van der Waals surface area (Å²) in [5.74, 6) is -2.33. The van der Waals surface area contributed by atoms with Gasteiger partial charge in [-0.3, -0.25) is 0 Å². The summed E-state index contributed by atoms with van der Waals surface area (Å²) < 4.78 is 52.0. The second kappa shape index (κ2) is 5.95. The topological polar surface area (TPSA) is 87.2 Å². The highest BCUT2D eigenvalue weighted by Gasteiger charge is 2.28. The summed E-state index contributed by atoms with van der Waals surface area (Å²) in [5.41, 5.74) is 4.30. The maximum Gasteiger partial charge on any atom is 0.246 e. The summed E-state index contributed by atoms with van der Waals surface area (Å²) in [6, 6.07) is 3.43. The van der Waals surface area contributed by atoms with Crippen LogP contribution in [0.3, 0.4) is 0 Å². The van der Waals surface area contributed by atoms with Crippen molar-refractivity contribution in [1.82, 2.24) is 4.31 Å². The van der Waals surface area contributed by atoms with Gasteiger partial charge in [0.25, 0.3) is 0 Å². The molecule has 0 aliphatic heterocycles. The summed E-state index contributed by atoms with van der Waals surface area (Å²) >= 11 is 0. The van der Waals surface area contributed by atoms with Crippen LogP contribution < -0.4 is 5.73 Å². The molecule has 0 aliphatic rings. The molecule has 0 unspecified atom stereocenters. The predicted octanol–water partition coefficient (Wildman–Crippen LogP) is 1.47. The lowest BCUT2D eigenvalue weighted by atomic mass is 10.3. The lowest BCUT2D eigenvalue weighted by Gasteiger charge is -2.19. The van der Waals surface area contributed by atoms with Gasteiger partial charge >= 0.3 is 0 Å². The summed E-state index contributed by atoms with van der Waals surface area (Å²) in [6.45, 7) is 1.56. The molecule has 1 rings (SSSR count). The number of hydrogen-bond acceptors (Lipinski definition) is 4. The number of nitrogen functional groups attached to an aromatic ring is 1. The molecule has 0 atom stereocenters. The average Bonchev–Trinajstić information content (AvgIpc) is 2.36. The molecule has 1 aromatic rings. The molecule has 1 aromatic carbocycles. The first-order chi connectivity index (χ1) is 8.86. The van der Waals surface area contributed by atoms with E-state index < -0.39 is 32.2 Å². The first-order valence-electron chi connectivity index (χ1n) is 5.46. The maximum atomic E-state index is 13.7. The molecular weight excluding hydrogens is 276 g/mol. The minimum absolute atomic E-state index is 0.0225. The van der Waals surface area contributed by atoms with Crippen molar-refractivity contribution in [2.75, 3.05) is 18.8 Å². The van der Waals surface area contributed by atoms with Gasteiger partial charge in [0.05, 0.1) is 6.07 Å². The number of nitrogens with two attached hydrogens (primary N) is 1. The van der Waals surface area contributed by atoms with E-state index >= 15 is 0 Å². The molecule has 0 saturated carbocycles. The van der Waals surface area contributed by atoms with E-state index in [1.165, 1.54) is 0 Å². The Morgan fingerprint density at radius 1 is 1.42 bits per heavy atom. The van der Waals surface area contributed by atoms with Crippen LogP contribution in [-0.4, -0.2) is 25.8 Å². The van der Waals surface area contributed by atoms with Crippen molar-refractivity contribution in [2.45, 2.75) is 18.2 Å². The van der Waals surface area contributed by atoms with Crippen LogP contribution in [0.4, 0.5) is 14.5 Å². The van der Waals surface area contributed by atoms with Gasteiger partial charge in [-0.05, 0) is 12.1 Å². The van der Waals surface area contributed by atoms with Crippen LogP contribution in [-0.2, 0) is 10.0 Å². The highest BCUT2D eigenvalue weighted by Crippen LogP contribution is 2.25. The molecule has 0 spiro atoms. The van der Waals surface area contributed by atoms with E-state index in [4.69, 9.17) is 11.0 Å². The fraction of sp³-hybridized carbons (Fsp3) is 0.364. The van der Waals surface area contributed by atoms with Crippen molar-refractivity contribution in [2.24, 2.45) is 0 Å². The van der Waals surface area contributed by atoms with Crippen LogP contribution >= 0.6 is 0 Å². The number of benzene rings is 1. The predicted molar refractivity (Wildman–Crippen MR) is 65.4 cm³/mol. The van der Waals surface area contributed by atoms with Crippen molar-refractivity contribution in [3.63, 3.8) is 0 Å². The molecule has 19 heavy (non-hydrogen) atoms. The van der Waals surface area contributed by atoms with Gasteiger partial charge in [-0.15, -0.1) is 0 Å². The van der Waals surface area contributed by atoms with Crippen LogP contribution in [0.25, 0.3) is 0 Å². The zero-order valence-electron chi connectivity index (χ0n) is 10.2. The molecule has 5 nitrogen and oxygen atoms in total. The average molecular weight is 289 g/mol. The van der Waals surface area contributed by atoms with Gasteiger partial charge in [0.1, 0.15) is 16.4 Å². The Kier molecular flexibility index (Phi) is 4.80. The normalized spacial score (nSPS) is 11.5. The second-order valence-corrected chi connectivity index (χ2v) is 5.58. The molecule has 0 fully saturated rings. The minimum atomic E-state index is -4.13. The van der Waals surface area contributed by atoms with Gasteiger partial charge < -0.3 is 5.73 Å². The number of sulfonamides is 1. The van der Waals surface area contributed by atoms with Gasteiger partial charge in [-0.1, -0.05) is 6.92 Å². The maximum absolute atomic E-state index is 13.7. The molecule has 0 bridgehead atoms. The van der Waals surface area contributed by atoms with Crippen molar-refractivity contribution < 1.29 is 17.2 Å². The smallest absolute Gasteiger partial charge is 0.246 e. The summed E-state index contributed by atoms with van der Waals surface area (Å²) in [7, 11) is -4.13. The third kappa shape index (κ3) is 3.00. The van der Waals surface area contributed by atoms with E-state index in [2.05, 4.69) is 0 Å². The van der Waals surface area contributed by atoms with Crippen LogP contribution in [0, 0.1) is 23.0 Å². The van der Waals surface area contributed by atoms with Crippen molar-refractivity contribution in [1.29, 1.82) is 5.26 Å². The lowest BCUT2D eigenvalue weighted by Crippen LogP contribution is -2.32. The van der Waals surface area contributed by atoms with E-state index in [0.29, 0.717) is 0 Å². The number of nitriles is 1. The molecule has 0 aromatic heterocycles. The first kappa shape index (κ1) is 15.3. The van der Waals surface area contributed by atoms with Gasteiger partial charge in [0, 0.05) is 19.5 Å². The second-order valence-electron chi connectivity index (χ2n) is 3.68. The lowest BCUT2D eigenvalue weighted by molar-refractivity contribution is 0.430. The van der Waals surface area contributed by atoms with Gasteiger partial charge in [0.15, 0.2) is 5.82 Å². The highest BCUT2D eigenvalue weighted by molar-refractivity contribution is 7.89. The van der Waals surface area contributed by atoms with Crippen LogP contribution in [0.5, 0.6) is 0 Å². The van der Waals surface area contributed by atoms with E-state index in [1.807, 2.05) is 0 Å². The zero-order valence-corrected chi connectivity index (χ0v) is 11.0. The molecule has 104 valence electrons. The third-order valence-electron chi connectivity index (χ3n) is 2.53. The van der Waals surface area contributed by atoms with Gasteiger partial charge in [0.2, 0.25) is 10.0 Å². The Morgan fingerprint density at radius 2 is 2.05 bits per heavy atom. The Hall–Kier alpha value is -1.72. The Bertz CT molecular complexity index is 611. The fourth-order valence-electron chi connectivity index (χ4n) is 1.51. The Balaban J connectivity index is 3.27. The fourth-order valence-corrected chi connectivity index (χ4v) is 3.04. The van der Waals surface area contributed by atoms with Crippen molar-refractivity contribution >= 4 is 15.7 Å². The van der Waals surface area contributed by atoms with Gasteiger partial charge in [-0.2, -0.15) is 9.57 Å².